The quantitative estimate of drug-likeness (QED) is 0.872. The van der Waals surface area contributed by atoms with E-state index in [1.165, 1.54) is 5.56 Å². The Balaban J connectivity index is 2.35. The van der Waals surface area contributed by atoms with Crippen molar-refractivity contribution in [3.63, 3.8) is 0 Å². The highest BCUT2D eigenvalue weighted by Gasteiger charge is 2.05. The summed E-state index contributed by atoms with van der Waals surface area (Å²) in [6.45, 7) is 6.39. The topological polar surface area (TPSA) is 29.9 Å². The van der Waals surface area contributed by atoms with Crippen LogP contribution in [0.3, 0.4) is 0 Å². The average Bonchev–Trinajstić information content (AvgIpc) is 2.76. The molecule has 0 spiro atoms. The Morgan fingerprint density at radius 2 is 2.18 bits per heavy atom. The van der Waals surface area contributed by atoms with Crippen LogP contribution in [-0.4, -0.2) is 15.6 Å². The van der Waals surface area contributed by atoms with Crippen molar-refractivity contribution in [1.29, 1.82) is 0 Å². The molecule has 1 N–H and O–H groups in total. The van der Waals surface area contributed by atoms with Crippen LogP contribution in [0, 0.1) is 0 Å². The molecule has 0 aliphatic rings. The standard InChI is InChI=1S/C14H19N3/c1-4-12-6-5-7-13(10-12)17-9-8-15-14(17)16-11(2)3/h5-11H,4H2,1-3H3,(H,15,16). The fourth-order valence-corrected chi connectivity index (χ4v) is 1.80. The van der Waals surface area contributed by atoms with Crippen LogP contribution in [-0.2, 0) is 6.42 Å². The van der Waals surface area contributed by atoms with Crippen molar-refractivity contribution in [2.24, 2.45) is 0 Å². The normalized spacial score (nSPS) is 10.8. The molecule has 0 radical (unpaired) electrons. The van der Waals surface area contributed by atoms with Gasteiger partial charge in [0.05, 0.1) is 0 Å². The van der Waals surface area contributed by atoms with Crippen molar-refractivity contribution >= 4 is 5.95 Å². The summed E-state index contributed by atoms with van der Waals surface area (Å²) in [5.41, 5.74) is 2.50. The minimum atomic E-state index is 0.380. The number of imidazole rings is 1. The predicted molar refractivity (Wildman–Crippen MR) is 71.7 cm³/mol. The van der Waals surface area contributed by atoms with Crippen LogP contribution in [0.5, 0.6) is 0 Å². The number of benzene rings is 1. The van der Waals surface area contributed by atoms with E-state index in [0.717, 1.165) is 18.1 Å². The molecule has 0 bridgehead atoms. The summed E-state index contributed by atoms with van der Waals surface area (Å²) in [5.74, 6) is 0.897. The number of aromatic nitrogens is 2. The van der Waals surface area contributed by atoms with Gasteiger partial charge in [0, 0.05) is 24.1 Å². The van der Waals surface area contributed by atoms with Gasteiger partial charge in [-0.05, 0) is 38.0 Å². The van der Waals surface area contributed by atoms with E-state index in [0.29, 0.717) is 6.04 Å². The van der Waals surface area contributed by atoms with Gasteiger partial charge in [-0.1, -0.05) is 19.1 Å². The second-order valence-electron chi connectivity index (χ2n) is 4.44. The lowest BCUT2D eigenvalue weighted by atomic mass is 10.1. The molecule has 90 valence electrons. The smallest absolute Gasteiger partial charge is 0.207 e. The first kappa shape index (κ1) is 11.7. The van der Waals surface area contributed by atoms with E-state index in [1.54, 1.807) is 0 Å². The minimum absolute atomic E-state index is 0.380. The zero-order valence-corrected chi connectivity index (χ0v) is 10.6. The largest absolute Gasteiger partial charge is 0.353 e. The molecule has 2 rings (SSSR count). The van der Waals surface area contributed by atoms with Gasteiger partial charge in [-0.15, -0.1) is 0 Å². The second-order valence-corrected chi connectivity index (χ2v) is 4.44. The van der Waals surface area contributed by atoms with E-state index in [-0.39, 0.29) is 0 Å². The van der Waals surface area contributed by atoms with Crippen LogP contribution in [0.15, 0.2) is 36.7 Å². The number of aryl methyl sites for hydroxylation is 1. The molecule has 0 aliphatic heterocycles. The molecule has 0 fully saturated rings. The highest BCUT2D eigenvalue weighted by atomic mass is 15.2. The van der Waals surface area contributed by atoms with Crippen molar-refractivity contribution < 1.29 is 0 Å². The maximum atomic E-state index is 4.34. The Hall–Kier alpha value is -1.77. The third kappa shape index (κ3) is 2.67. The fourth-order valence-electron chi connectivity index (χ4n) is 1.80. The van der Waals surface area contributed by atoms with E-state index >= 15 is 0 Å². The summed E-state index contributed by atoms with van der Waals surface area (Å²) in [4.78, 5) is 4.34. The Morgan fingerprint density at radius 3 is 2.88 bits per heavy atom. The number of hydrogen-bond acceptors (Lipinski definition) is 2. The maximum Gasteiger partial charge on any atom is 0.207 e. The van der Waals surface area contributed by atoms with Crippen LogP contribution < -0.4 is 5.32 Å². The number of hydrogen-bond donors (Lipinski definition) is 1. The van der Waals surface area contributed by atoms with Crippen molar-refractivity contribution in [3.8, 4) is 5.69 Å². The molecule has 0 aliphatic carbocycles. The highest BCUT2D eigenvalue weighted by Crippen LogP contribution is 2.16. The first-order chi connectivity index (χ1) is 8.20. The Morgan fingerprint density at radius 1 is 1.35 bits per heavy atom. The summed E-state index contributed by atoms with van der Waals surface area (Å²) < 4.78 is 2.08. The van der Waals surface area contributed by atoms with Gasteiger partial charge in [0.2, 0.25) is 5.95 Å². The van der Waals surface area contributed by atoms with Crippen molar-refractivity contribution in [3.05, 3.63) is 42.2 Å². The van der Waals surface area contributed by atoms with Gasteiger partial charge in [0.25, 0.3) is 0 Å². The summed E-state index contributed by atoms with van der Waals surface area (Å²) in [5, 5.41) is 3.34. The molecule has 1 heterocycles. The zero-order chi connectivity index (χ0) is 12.3. The molecular formula is C14H19N3. The minimum Gasteiger partial charge on any atom is -0.353 e. The van der Waals surface area contributed by atoms with Gasteiger partial charge < -0.3 is 5.32 Å². The van der Waals surface area contributed by atoms with E-state index in [4.69, 9.17) is 0 Å². The summed E-state index contributed by atoms with van der Waals surface area (Å²) >= 11 is 0. The van der Waals surface area contributed by atoms with E-state index < -0.39 is 0 Å². The average molecular weight is 229 g/mol. The SMILES string of the molecule is CCc1cccc(-n2ccnc2NC(C)C)c1. The van der Waals surface area contributed by atoms with Gasteiger partial charge in [-0.25, -0.2) is 4.98 Å². The maximum absolute atomic E-state index is 4.34. The van der Waals surface area contributed by atoms with Crippen molar-refractivity contribution in [2.75, 3.05) is 5.32 Å². The first-order valence-electron chi connectivity index (χ1n) is 6.10. The summed E-state index contributed by atoms with van der Waals surface area (Å²) in [7, 11) is 0. The van der Waals surface area contributed by atoms with Gasteiger partial charge >= 0.3 is 0 Å². The molecule has 0 saturated heterocycles. The Kier molecular flexibility index (Phi) is 3.47. The number of nitrogens with zero attached hydrogens (tertiary/aromatic N) is 2. The first-order valence-corrected chi connectivity index (χ1v) is 6.10. The fraction of sp³-hybridized carbons (Fsp3) is 0.357. The monoisotopic (exact) mass is 229 g/mol. The summed E-state index contributed by atoms with van der Waals surface area (Å²) in [6.07, 6.45) is 4.86. The molecule has 3 nitrogen and oxygen atoms in total. The molecule has 17 heavy (non-hydrogen) atoms. The second kappa shape index (κ2) is 5.04. The molecule has 2 aromatic rings. The van der Waals surface area contributed by atoms with Crippen LogP contribution in [0.2, 0.25) is 0 Å². The molecule has 0 saturated carbocycles. The van der Waals surface area contributed by atoms with Gasteiger partial charge in [-0.2, -0.15) is 0 Å². The lowest BCUT2D eigenvalue weighted by Gasteiger charge is -2.12. The third-order valence-electron chi connectivity index (χ3n) is 2.66. The molecule has 3 heteroatoms. The van der Waals surface area contributed by atoms with Crippen LogP contribution in [0.4, 0.5) is 5.95 Å². The Bertz CT molecular complexity index is 486. The zero-order valence-electron chi connectivity index (χ0n) is 10.6. The number of anilines is 1. The highest BCUT2D eigenvalue weighted by molar-refractivity contribution is 5.43. The molecular weight excluding hydrogens is 210 g/mol. The van der Waals surface area contributed by atoms with E-state index in [9.17, 15) is 0 Å². The lowest BCUT2D eigenvalue weighted by molar-refractivity contribution is 0.863. The van der Waals surface area contributed by atoms with Gasteiger partial charge in [0.15, 0.2) is 0 Å². The summed E-state index contributed by atoms with van der Waals surface area (Å²) in [6, 6.07) is 8.92. The molecule has 0 amide bonds. The van der Waals surface area contributed by atoms with Crippen LogP contribution in [0.25, 0.3) is 5.69 Å². The molecule has 1 aromatic heterocycles. The van der Waals surface area contributed by atoms with Crippen LogP contribution >= 0.6 is 0 Å². The van der Waals surface area contributed by atoms with E-state index in [2.05, 4.69) is 59.9 Å². The van der Waals surface area contributed by atoms with Crippen molar-refractivity contribution in [2.45, 2.75) is 33.2 Å². The van der Waals surface area contributed by atoms with Gasteiger partial charge in [0.1, 0.15) is 0 Å². The molecule has 0 unspecified atom stereocenters. The van der Waals surface area contributed by atoms with Crippen molar-refractivity contribution in [1.82, 2.24) is 9.55 Å². The number of rotatable bonds is 4. The lowest BCUT2D eigenvalue weighted by Crippen LogP contribution is -2.13. The third-order valence-corrected chi connectivity index (χ3v) is 2.66. The van der Waals surface area contributed by atoms with E-state index in [1.807, 2.05) is 12.4 Å². The van der Waals surface area contributed by atoms with Gasteiger partial charge in [-0.3, -0.25) is 4.57 Å². The molecule has 0 atom stereocenters. The van der Waals surface area contributed by atoms with Crippen LogP contribution in [0.1, 0.15) is 26.3 Å². The molecule has 1 aromatic carbocycles. The predicted octanol–water partition coefficient (Wildman–Crippen LogP) is 3.26. The number of nitrogens with one attached hydrogen (secondary N) is 1. The Labute approximate surface area is 103 Å².